The molecule has 0 fully saturated rings. The van der Waals surface area contributed by atoms with Crippen LogP contribution in [-0.4, -0.2) is 11.9 Å². The summed E-state index contributed by atoms with van der Waals surface area (Å²) in [6.45, 7) is 6.39. The van der Waals surface area contributed by atoms with E-state index >= 15 is 0 Å². The van der Waals surface area contributed by atoms with E-state index in [0.717, 1.165) is 0 Å². The molecule has 0 aromatic carbocycles. The van der Waals surface area contributed by atoms with Gasteiger partial charge in [-0.3, -0.25) is 9.59 Å². The van der Waals surface area contributed by atoms with Crippen molar-refractivity contribution in [1.29, 1.82) is 10.5 Å². The number of esters is 2. The van der Waals surface area contributed by atoms with E-state index < -0.39 is 11.9 Å². The molecule has 0 unspecified atom stereocenters. The molecule has 0 bridgehead atoms. The number of hydrogen-bond donors (Lipinski definition) is 0. The number of nitrogens with zero attached hydrogens (tertiary/aromatic N) is 2. The van der Waals surface area contributed by atoms with E-state index in [1.165, 1.54) is 0 Å². The molecule has 0 saturated carbocycles. The van der Waals surface area contributed by atoms with Gasteiger partial charge in [-0.2, -0.15) is 10.5 Å². The van der Waals surface area contributed by atoms with Crippen molar-refractivity contribution in [3.63, 3.8) is 0 Å². The molecule has 0 rings (SSSR count). The van der Waals surface area contributed by atoms with Crippen LogP contribution >= 0.6 is 0 Å². The Morgan fingerprint density at radius 1 is 0.889 bits per heavy atom. The van der Waals surface area contributed by atoms with Gasteiger partial charge in [0.25, 0.3) is 0 Å². The van der Waals surface area contributed by atoms with Crippen LogP contribution in [0.2, 0.25) is 0 Å². The van der Waals surface area contributed by atoms with Gasteiger partial charge in [0.15, 0.2) is 11.5 Å². The predicted octanol–water partition coefficient (Wildman–Crippen LogP) is 1.71. The van der Waals surface area contributed by atoms with Gasteiger partial charge in [-0.05, 0) is 26.0 Å². The third-order valence-electron chi connectivity index (χ3n) is 1.74. The monoisotopic (exact) mass is 248 g/mol. The largest absolute Gasteiger partial charge is 0.416 e. The van der Waals surface area contributed by atoms with E-state index in [9.17, 15) is 9.59 Å². The molecule has 0 aliphatic rings. The molecule has 0 N–H and O–H groups in total. The number of allylic oxidation sites excluding steroid dienone is 2. The lowest BCUT2D eigenvalue weighted by atomic mass is 10.2. The SMILES string of the molecule is C=C(C#N)OC(=O)CCCCC(=O)OC(=C)C#N. The highest BCUT2D eigenvalue weighted by Crippen LogP contribution is 2.06. The Labute approximate surface area is 105 Å². The first-order chi connectivity index (χ1) is 8.49. The molecular formula is C12H12N2O4. The number of carbonyl (C=O) groups excluding carboxylic acids is 2. The Balaban J connectivity index is 3.69. The normalized spacial score (nSPS) is 8.56. The van der Waals surface area contributed by atoms with Crippen molar-refractivity contribution >= 4 is 11.9 Å². The van der Waals surface area contributed by atoms with Crippen LogP contribution in [0.1, 0.15) is 25.7 Å². The molecule has 0 atom stereocenters. The second kappa shape index (κ2) is 8.54. The average molecular weight is 248 g/mol. The second-order valence-electron chi connectivity index (χ2n) is 3.23. The smallest absolute Gasteiger partial charge is 0.311 e. The van der Waals surface area contributed by atoms with E-state index in [1.54, 1.807) is 12.1 Å². The number of carbonyl (C=O) groups is 2. The molecule has 6 nitrogen and oxygen atoms in total. The van der Waals surface area contributed by atoms with Gasteiger partial charge >= 0.3 is 11.9 Å². The average Bonchev–Trinajstić information content (AvgIpc) is 2.34. The number of nitriles is 2. The van der Waals surface area contributed by atoms with Crippen molar-refractivity contribution in [2.24, 2.45) is 0 Å². The molecule has 94 valence electrons. The zero-order chi connectivity index (χ0) is 14.0. The molecule has 0 aromatic rings. The first kappa shape index (κ1) is 15.4. The zero-order valence-electron chi connectivity index (χ0n) is 9.77. The third-order valence-corrected chi connectivity index (χ3v) is 1.74. The molecule has 0 radical (unpaired) electrons. The lowest BCUT2D eigenvalue weighted by Crippen LogP contribution is -2.05. The number of unbranched alkanes of at least 4 members (excludes halogenated alkanes) is 1. The minimum atomic E-state index is -0.573. The maximum Gasteiger partial charge on any atom is 0.311 e. The number of hydrogen-bond acceptors (Lipinski definition) is 6. The Morgan fingerprint density at radius 2 is 1.22 bits per heavy atom. The van der Waals surface area contributed by atoms with Crippen molar-refractivity contribution in [2.45, 2.75) is 25.7 Å². The van der Waals surface area contributed by atoms with Gasteiger partial charge in [-0.25, -0.2) is 0 Å². The lowest BCUT2D eigenvalue weighted by molar-refractivity contribution is -0.141. The molecular weight excluding hydrogens is 236 g/mol. The van der Waals surface area contributed by atoms with Crippen LogP contribution in [0.25, 0.3) is 0 Å². The molecule has 0 heterocycles. The fourth-order valence-corrected chi connectivity index (χ4v) is 0.961. The quantitative estimate of drug-likeness (QED) is 0.294. The Hall–Kier alpha value is -2.60. The van der Waals surface area contributed by atoms with Crippen LogP contribution in [0.5, 0.6) is 0 Å². The van der Waals surface area contributed by atoms with Crippen LogP contribution in [0, 0.1) is 22.7 Å². The first-order valence-corrected chi connectivity index (χ1v) is 5.09. The van der Waals surface area contributed by atoms with Gasteiger partial charge in [-0.15, -0.1) is 0 Å². The minimum absolute atomic E-state index is 0.0766. The number of rotatable bonds is 7. The molecule has 0 spiro atoms. The van der Waals surface area contributed by atoms with Crippen LogP contribution < -0.4 is 0 Å². The Bertz CT molecular complexity index is 398. The fourth-order valence-electron chi connectivity index (χ4n) is 0.961. The molecule has 0 aromatic heterocycles. The van der Waals surface area contributed by atoms with Gasteiger partial charge in [0, 0.05) is 12.8 Å². The Morgan fingerprint density at radius 3 is 1.50 bits per heavy atom. The van der Waals surface area contributed by atoms with Gasteiger partial charge in [-0.1, -0.05) is 0 Å². The second-order valence-corrected chi connectivity index (χ2v) is 3.23. The van der Waals surface area contributed by atoms with Crippen LogP contribution in [0.4, 0.5) is 0 Å². The summed E-state index contributed by atoms with van der Waals surface area (Å²) in [5.41, 5.74) is 0. The standard InChI is InChI=1S/C12H12N2O4/c1-9(7-13)17-11(15)5-3-4-6-12(16)18-10(2)8-14/h1-6H2. The fraction of sp³-hybridized carbons (Fsp3) is 0.333. The van der Waals surface area contributed by atoms with E-state index in [4.69, 9.17) is 10.5 Å². The zero-order valence-corrected chi connectivity index (χ0v) is 9.77. The van der Waals surface area contributed by atoms with E-state index in [-0.39, 0.29) is 24.4 Å². The molecule has 0 amide bonds. The van der Waals surface area contributed by atoms with E-state index in [0.29, 0.717) is 12.8 Å². The summed E-state index contributed by atoms with van der Waals surface area (Å²) in [5, 5.41) is 16.6. The van der Waals surface area contributed by atoms with Gasteiger partial charge in [0.1, 0.15) is 12.1 Å². The molecule has 18 heavy (non-hydrogen) atoms. The highest BCUT2D eigenvalue weighted by atomic mass is 16.5. The maximum atomic E-state index is 11.1. The summed E-state index contributed by atoms with van der Waals surface area (Å²) >= 11 is 0. The van der Waals surface area contributed by atoms with Gasteiger partial charge in [0.2, 0.25) is 0 Å². The Kier molecular flexibility index (Phi) is 7.31. The van der Waals surface area contributed by atoms with Crippen molar-refractivity contribution in [2.75, 3.05) is 0 Å². The summed E-state index contributed by atoms with van der Waals surface area (Å²) in [7, 11) is 0. The highest BCUT2D eigenvalue weighted by Gasteiger charge is 2.08. The molecule has 6 heteroatoms. The first-order valence-electron chi connectivity index (χ1n) is 5.09. The summed E-state index contributed by atoms with van der Waals surface area (Å²) < 4.78 is 9.04. The highest BCUT2D eigenvalue weighted by molar-refractivity contribution is 5.72. The van der Waals surface area contributed by atoms with Gasteiger partial charge in [0.05, 0.1) is 0 Å². The van der Waals surface area contributed by atoms with E-state index in [1.807, 2.05) is 0 Å². The predicted molar refractivity (Wildman–Crippen MR) is 60.2 cm³/mol. The maximum absolute atomic E-state index is 11.1. The van der Waals surface area contributed by atoms with Crippen LogP contribution in [0.15, 0.2) is 24.7 Å². The lowest BCUT2D eigenvalue weighted by Gasteiger charge is -2.02. The summed E-state index contributed by atoms with van der Waals surface area (Å²) in [6.07, 6.45) is 0.970. The number of ether oxygens (including phenoxy) is 2. The summed E-state index contributed by atoms with van der Waals surface area (Å²) in [5.74, 6) is -1.66. The van der Waals surface area contributed by atoms with Crippen molar-refractivity contribution in [1.82, 2.24) is 0 Å². The molecule has 0 saturated heterocycles. The molecule has 0 aliphatic carbocycles. The minimum Gasteiger partial charge on any atom is -0.416 e. The third kappa shape index (κ3) is 7.66. The van der Waals surface area contributed by atoms with Crippen LogP contribution in [-0.2, 0) is 19.1 Å². The summed E-state index contributed by atoms with van der Waals surface area (Å²) in [4.78, 5) is 22.1. The topological polar surface area (TPSA) is 100 Å². The van der Waals surface area contributed by atoms with Crippen LogP contribution in [0.3, 0.4) is 0 Å². The molecule has 0 aliphatic heterocycles. The van der Waals surface area contributed by atoms with Gasteiger partial charge < -0.3 is 9.47 Å². The van der Waals surface area contributed by atoms with Crippen molar-refractivity contribution in [3.05, 3.63) is 24.7 Å². The van der Waals surface area contributed by atoms with E-state index in [2.05, 4.69) is 22.6 Å². The van der Waals surface area contributed by atoms with Crippen molar-refractivity contribution < 1.29 is 19.1 Å². The summed E-state index contributed by atoms with van der Waals surface area (Å²) in [6, 6.07) is 3.16. The van der Waals surface area contributed by atoms with Crippen molar-refractivity contribution in [3.8, 4) is 12.1 Å².